The smallest absolute Gasteiger partial charge is 0.365 e. The van der Waals surface area contributed by atoms with Crippen LogP contribution in [0.15, 0.2) is 4.99 Å². The molecule has 0 saturated heterocycles. The molecule has 0 radical (unpaired) electrons. The van der Waals surface area contributed by atoms with E-state index in [1.54, 1.807) is 0 Å². The number of hydrogen-bond acceptors (Lipinski definition) is 3. The molecule has 6 heteroatoms. The van der Waals surface area contributed by atoms with Gasteiger partial charge in [-0.05, 0) is 6.42 Å². The highest BCUT2D eigenvalue weighted by atomic mass is 32.2. The van der Waals surface area contributed by atoms with E-state index >= 15 is 0 Å². The van der Waals surface area contributed by atoms with Crippen LogP contribution in [-0.2, 0) is 0 Å². The van der Waals surface area contributed by atoms with Crippen LogP contribution in [0.25, 0.3) is 0 Å². The molecular weight excluding hydrogens is 213 g/mol. The summed E-state index contributed by atoms with van der Waals surface area (Å²) in [7, 11) is 0. The van der Waals surface area contributed by atoms with Gasteiger partial charge in [-0.1, -0.05) is 18.7 Å². The van der Waals surface area contributed by atoms with Crippen molar-refractivity contribution in [1.29, 1.82) is 0 Å². The summed E-state index contributed by atoms with van der Waals surface area (Å²) in [5, 5.41) is 3.78. The molecule has 0 aromatic heterocycles. The predicted molar refractivity (Wildman–Crippen MR) is 52.6 cm³/mol. The number of amidine groups is 1. The normalized spacial score (nSPS) is 22.3. The van der Waals surface area contributed by atoms with Crippen molar-refractivity contribution in [3.05, 3.63) is 0 Å². The monoisotopic (exact) mass is 226 g/mol. The van der Waals surface area contributed by atoms with Crippen LogP contribution < -0.4 is 5.32 Å². The average molecular weight is 226 g/mol. The Morgan fingerprint density at radius 3 is 2.79 bits per heavy atom. The van der Waals surface area contributed by atoms with Crippen LogP contribution in [0.5, 0.6) is 0 Å². The molecule has 1 atom stereocenters. The standard InChI is InChI=1S/C8H13F3N2S/c1-2-6-5-13-7(14-6)12-4-3-8(9,10)11/h6H,2-5H2,1H3,(H,12,13). The van der Waals surface area contributed by atoms with Gasteiger partial charge >= 0.3 is 6.18 Å². The van der Waals surface area contributed by atoms with Gasteiger partial charge in [0.15, 0.2) is 5.17 Å². The van der Waals surface area contributed by atoms with Crippen molar-refractivity contribution in [2.24, 2.45) is 4.99 Å². The highest BCUT2D eigenvalue weighted by Gasteiger charge is 2.27. The molecule has 0 aromatic carbocycles. The lowest BCUT2D eigenvalue weighted by Crippen LogP contribution is -2.25. The zero-order chi connectivity index (χ0) is 10.6. The van der Waals surface area contributed by atoms with Crippen LogP contribution in [0.3, 0.4) is 0 Å². The number of aliphatic imine (C=N–C) groups is 1. The van der Waals surface area contributed by atoms with Crippen molar-refractivity contribution in [3.63, 3.8) is 0 Å². The molecule has 0 aliphatic carbocycles. The Kier molecular flexibility index (Phi) is 4.10. The van der Waals surface area contributed by atoms with E-state index in [1.165, 1.54) is 11.8 Å². The first-order valence-corrected chi connectivity index (χ1v) is 5.41. The molecule has 0 bridgehead atoms. The molecule has 0 fully saturated rings. The second-order valence-electron chi connectivity index (χ2n) is 3.09. The summed E-state index contributed by atoms with van der Waals surface area (Å²) in [6.45, 7) is 2.69. The minimum absolute atomic E-state index is 0.0776. The highest BCUT2D eigenvalue weighted by Crippen LogP contribution is 2.23. The van der Waals surface area contributed by atoms with Crippen LogP contribution in [0.1, 0.15) is 19.8 Å². The summed E-state index contributed by atoms with van der Waals surface area (Å²) in [6, 6.07) is 0. The first-order valence-electron chi connectivity index (χ1n) is 4.53. The van der Waals surface area contributed by atoms with Crippen molar-refractivity contribution in [2.45, 2.75) is 31.2 Å². The second kappa shape index (κ2) is 4.91. The SMILES string of the molecule is CCC1CN=C(NCCC(F)(F)F)S1. The van der Waals surface area contributed by atoms with Crippen molar-refractivity contribution in [1.82, 2.24) is 5.32 Å². The fourth-order valence-electron chi connectivity index (χ4n) is 1.04. The van der Waals surface area contributed by atoms with Gasteiger partial charge < -0.3 is 5.32 Å². The fraction of sp³-hybridized carbons (Fsp3) is 0.875. The summed E-state index contributed by atoms with van der Waals surface area (Å²) in [4.78, 5) is 4.11. The van der Waals surface area contributed by atoms with E-state index in [-0.39, 0.29) is 6.54 Å². The van der Waals surface area contributed by atoms with Gasteiger partial charge in [0.05, 0.1) is 13.0 Å². The third-order valence-electron chi connectivity index (χ3n) is 1.86. The predicted octanol–water partition coefficient (Wildman–Crippen LogP) is 2.41. The number of rotatable bonds is 3. The third kappa shape index (κ3) is 4.21. The molecule has 1 unspecified atom stereocenters. The van der Waals surface area contributed by atoms with Gasteiger partial charge in [-0.25, -0.2) is 0 Å². The van der Waals surface area contributed by atoms with Gasteiger partial charge in [0.1, 0.15) is 0 Å². The van der Waals surface area contributed by atoms with Gasteiger partial charge in [0, 0.05) is 11.8 Å². The van der Waals surface area contributed by atoms with E-state index in [1.807, 2.05) is 6.92 Å². The molecule has 1 aliphatic heterocycles. The minimum Gasteiger partial charge on any atom is -0.365 e. The summed E-state index contributed by atoms with van der Waals surface area (Å²) in [5.41, 5.74) is 0. The van der Waals surface area contributed by atoms with Crippen LogP contribution >= 0.6 is 11.8 Å². The molecule has 1 heterocycles. The summed E-state index contributed by atoms with van der Waals surface area (Å²) < 4.78 is 35.4. The maximum atomic E-state index is 11.8. The molecule has 1 aliphatic rings. The number of thioether (sulfide) groups is 1. The van der Waals surface area contributed by atoms with E-state index < -0.39 is 12.6 Å². The molecular formula is C8H13F3N2S. The maximum absolute atomic E-state index is 11.8. The first kappa shape index (κ1) is 11.7. The lowest BCUT2D eigenvalue weighted by atomic mass is 10.3. The lowest BCUT2D eigenvalue weighted by Gasteiger charge is -2.08. The Morgan fingerprint density at radius 1 is 1.57 bits per heavy atom. The molecule has 0 spiro atoms. The van der Waals surface area contributed by atoms with Crippen LogP contribution in [0, 0.1) is 0 Å². The molecule has 1 rings (SSSR count). The molecule has 82 valence electrons. The number of nitrogens with zero attached hydrogens (tertiary/aromatic N) is 1. The molecule has 0 amide bonds. The van der Waals surface area contributed by atoms with Crippen LogP contribution in [-0.4, -0.2) is 29.7 Å². The van der Waals surface area contributed by atoms with Crippen LogP contribution in [0.2, 0.25) is 0 Å². The van der Waals surface area contributed by atoms with Gasteiger partial charge in [-0.2, -0.15) is 13.2 Å². The summed E-state index contributed by atoms with van der Waals surface area (Å²) >= 11 is 1.53. The quantitative estimate of drug-likeness (QED) is 0.799. The average Bonchev–Trinajstić information content (AvgIpc) is 2.50. The van der Waals surface area contributed by atoms with Crippen molar-refractivity contribution < 1.29 is 13.2 Å². The number of hydrogen-bond donors (Lipinski definition) is 1. The topological polar surface area (TPSA) is 24.4 Å². The van der Waals surface area contributed by atoms with Crippen LogP contribution in [0.4, 0.5) is 13.2 Å². The number of alkyl halides is 3. The molecule has 0 saturated carbocycles. The van der Waals surface area contributed by atoms with E-state index in [0.29, 0.717) is 10.4 Å². The molecule has 0 aromatic rings. The molecule has 2 nitrogen and oxygen atoms in total. The van der Waals surface area contributed by atoms with E-state index in [4.69, 9.17) is 0 Å². The lowest BCUT2D eigenvalue weighted by molar-refractivity contribution is -0.132. The van der Waals surface area contributed by atoms with Gasteiger partial charge in [0.2, 0.25) is 0 Å². The fourth-order valence-corrected chi connectivity index (χ4v) is 2.00. The van der Waals surface area contributed by atoms with Crippen molar-refractivity contribution in [3.8, 4) is 0 Å². The van der Waals surface area contributed by atoms with Gasteiger partial charge in [-0.15, -0.1) is 0 Å². The van der Waals surface area contributed by atoms with E-state index in [9.17, 15) is 13.2 Å². The highest BCUT2D eigenvalue weighted by molar-refractivity contribution is 8.14. The van der Waals surface area contributed by atoms with Gasteiger partial charge in [0.25, 0.3) is 0 Å². The Morgan fingerprint density at radius 2 is 2.29 bits per heavy atom. The number of nitrogens with one attached hydrogen (secondary N) is 1. The Hall–Kier alpha value is -0.390. The molecule has 14 heavy (non-hydrogen) atoms. The summed E-state index contributed by atoms with van der Waals surface area (Å²) in [6.07, 6.45) is -3.89. The Balaban J connectivity index is 2.15. The van der Waals surface area contributed by atoms with Crippen molar-refractivity contribution in [2.75, 3.05) is 13.1 Å². The van der Waals surface area contributed by atoms with Gasteiger partial charge in [-0.3, -0.25) is 4.99 Å². The first-order chi connectivity index (χ1) is 6.51. The van der Waals surface area contributed by atoms with Crippen molar-refractivity contribution >= 4 is 16.9 Å². The third-order valence-corrected chi connectivity index (χ3v) is 3.17. The van der Waals surface area contributed by atoms with E-state index in [0.717, 1.165) is 13.0 Å². The zero-order valence-electron chi connectivity index (χ0n) is 7.90. The van der Waals surface area contributed by atoms with E-state index in [2.05, 4.69) is 10.3 Å². The maximum Gasteiger partial charge on any atom is 0.390 e. The Bertz CT molecular complexity index is 215. The number of halogens is 3. The Labute approximate surface area is 85.4 Å². The zero-order valence-corrected chi connectivity index (χ0v) is 8.71. The molecule has 1 N–H and O–H groups in total. The second-order valence-corrected chi connectivity index (χ2v) is 4.37. The summed E-state index contributed by atoms with van der Waals surface area (Å²) in [5.74, 6) is 0. The minimum atomic E-state index is -4.08. The largest absolute Gasteiger partial charge is 0.390 e.